The Labute approximate surface area is 105 Å². The van der Waals surface area contributed by atoms with E-state index in [9.17, 15) is 4.79 Å². The van der Waals surface area contributed by atoms with Crippen LogP contribution in [0.1, 0.15) is 46.0 Å². The molecule has 0 fully saturated rings. The number of nitrogens with one attached hydrogen (secondary N) is 1. The van der Waals surface area contributed by atoms with Crippen molar-refractivity contribution in [1.82, 2.24) is 5.32 Å². The second-order valence-electron chi connectivity index (χ2n) is 4.49. The highest BCUT2D eigenvalue weighted by atomic mass is 16.5. The Hall–Kier alpha value is -0.610. The minimum absolute atomic E-state index is 0.0492. The molecule has 2 unspecified atom stereocenters. The summed E-state index contributed by atoms with van der Waals surface area (Å²) in [5.74, 6) is 0.281. The van der Waals surface area contributed by atoms with Crippen LogP contribution in [-0.2, 0) is 9.53 Å². The highest BCUT2D eigenvalue weighted by Gasteiger charge is 2.19. The van der Waals surface area contributed by atoms with E-state index in [0.717, 1.165) is 32.1 Å². The summed E-state index contributed by atoms with van der Waals surface area (Å²) in [5, 5.41) is 3.03. The normalized spacial score (nSPS) is 14.4. The van der Waals surface area contributed by atoms with Crippen molar-refractivity contribution >= 4 is 5.91 Å². The van der Waals surface area contributed by atoms with E-state index in [2.05, 4.69) is 19.2 Å². The number of carbonyl (C=O) groups is 1. The van der Waals surface area contributed by atoms with Crippen molar-refractivity contribution in [2.24, 2.45) is 11.7 Å². The summed E-state index contributed by atoms with van der Waals surface area (Å²) in [6, 6.07) is 0.0492. The van der Waals surface area contributed by atoms with Gasteiger partial charge in [0.05, 0.1) is 12.6 Å². The smallest absolute Gasteiger partial charge is 0.223 e. The van der Waals surface area contributed by atoms with Gasteiger partial charge in [0, 0.05) is 13.0 Å². The molecule has 2 atom stereocenters. The molecule has 3 N–H and O–H groups in total. The molecule has 0 aromatic rings. The van der Waals surface area contributed by atoms with Crippen LogP contribution in [0.15, 0.2) is 0 Å². The predicted octanol–water partition coefficient (Wildman–Crippen LogP) is 1.68. The third-order valence-corrected chi connectivity index (χ3v) is 3.00. The molecule has 4 nitrogen and oxygen atoms in total. The number of carbonyl (C=O) groups excluding carboxylic acids is 1. The van der Waals surface area contributed by atoms with Crippen molar-refractivity contribution in [2.75, 3.05) is 20.3 Å². The van der Waals surface area contributed by atoms with E-state index in [0.29, 0.717) is 13.2 Å². The molecular formula is C13H28N2O2. The molecule has 0 rings (SSSR count). The molecule has 0 aromatic carbocycles. The Morgan fingerprint density at radius 3 is 2.53 bits per heavy atom. The van der Waals surface area contributed by atoms with E-state index in [1.54, 1.807) is 7.11 Å². The van der Waals surface area contributed by atoms with Gasteiger partial charge < -0.3 is 15.8 Å². The third kappa shape index (κ3) is 7.34. The fourth-order valence-electron chi connectivity index (χ4n) is 1.89. The molecule has 0 spiro atoms. The first-order valence-electron chi connectivity index (χ1n) is 6.68. The topological polar surface area (TPSA) is 64.4 Å². The van der Waals surface area contributed by atoms with Crippen LogP contribution in [0.2, 0.25) is 0 Å². The highest BCUT2D eigenvalue weighted by Crippen LogP contribution is 2.13. The van der Waals surface area contributed by atoms with Gasteiger partial charge in [-0.1, -0.05) is 26.7 Å². The average molecular weight is 244 g/mol. The molecule has 4 heteroatoms. The van der Waals surface area contributed by atoms with Crippen LogP contribution < -0.4 is 11.1 Å². The van der Waals surface area contributed by atoms with Crippen LogP contribution in [0.5, 0.6) is 0 Å². The molecule has 0 bridgehead atoms. The maximum atomic E-state index is 12.0. The lowest BCUT2D eigenvalue weighted by atomic mass is 9.98. The lowest BCUT2D eigenvalue weighted by Gasteiger charge is -2.21. The molecule has 0 heterocycles. The van der Waals surface area contributed by atoms with Gasteiger partial charge in [-0.25, -0.2) is 0 Å². The summed E-state index contributed by atoms with van der Waals surface area (Å²) in [4.78, 5) is 12.0. The molecule has 0 aliphatic carbocycles. The van der Waals surface area contributed by atoms with Crippen molar-refractivity contribution < 1.29 is 9.53 Å². The van der Waals surface area contributed by atoms with E-state index in [4.69, 9.17) is 10.5 Å². The average Bonchev–Trinajstić information content (AvgIpc) is 2.30. The Bertz CT molecular complexity index is 192. The molecule has 17 heavy (non-hydrogen) atoms. The van der Waals surface area contributed by atoms with Crippen LogP contribution >= 0.6 is 0 Å². The monoisotopic (exact) mass is 244 g/mol. The number of amides is 1. The van der Waals surface area contributed by atoms with E-state index < -0.39 is 0 Å². The summed E-state index contributed by atoms with van der Waals surface area (Å²) < 4.78 is 5.08. The van der Waals surface area contributed by atoms with Gasteiger partial charge in [-0.05, 0) is 25.8 Å². The van der Waals surface area contributed by atoms with Crippen molar-refractivity contribution in [2.45, 2.75) is 52.0 Å². The van der Waals surface area contributed by atoms with E-state index >= 15 is 0 Å². The molecule has 0 aromatic heterocycles. The van der Waals surface area contributed by atoms with E-state index in [-0.39, 0.29) is 17.9 Å². The first-order chi connectivity index (χ1) is 8.19. The number of methoxy groups -OCH3 is 1. The third-order valence-electron chi connectivity index (χ3n) is 3.00. The lowest BCUT2D eigenvalue weighted by Crippen LogP contribution is -2.42. The predicted molar refractivity (Wildman–Crippen MR) is 70.8 cm³/mol. The number of hydrogen-bond donors (Lipinski definition) is 2. The van der Waals surface area contributed by atoms with Gasteiger partial charge in [0.15, 0.2) is 0 Å². The Morgan fingerprint density at radius 1 is 1.35 bits per heavy atom. The Kier molecular flexibility index (Phi) is 10.2. The quantitative estimate of drug-likeness (QED) is 0.614. The van der Waals surface area contributed by atoms with Crippen molar-refractivity contribution in [3.05, 3.63) is 0 Å². The highest BCUT2D eigenvalue weighted by molar-refractivity contribution is 5.78. The Morgan fingerprint density at radius 2 is 2.06 bits per heavy atom. The molecular weight excluding hydrogens is 216 g/mol. The summed E-state index contributed by atoms with van der Waals surface area (Å²) in [6.45, 7) is 5.31. The molecule has 0 aliphatic heterocycles. The van der Waals surface area contributed by atoms with E-state index in [1.165, 1.54) is 0 Å². The first kappa shape index (κ1) is 16.4. The first-order valence-corrected chi connectivity index (χ1v) is 6.68. The number of rotatable bonds is 10. The summed E-state index contributed by atoms with van der Waals surface area (Å²) in [7, 11) is 1.64. The van der Waals surface area contributed by atoms with Gasteiger partial charge >= 0.3 is 0 Å². The second kappa shape index (κ2) is 10.5. The molecule has 0 radical (unpaired) electrons. The lowest BCUT2D eigenvalue weighted by molar-refractivity contribution is -0.126. The van der Waals surface area contributed by atoms with Crippen LogP contribution in [0.25, 0.3) is 0 Å². The zero-order valence-electron chi connectivity index (χ0n) is 11.5. The van der Waals surface area contributed by atoms with Gasteiger partial charge in [0.1, 0.15) is 0 Å². The zero-order valence-corrected chi connectivity index (χ0v) is 11.5. The number of unbranched alkanes of at least 4 members (excludes halogenated alkanes) is 1. The number of nitrogens with two attached hydrogens (primary N) is 1. The fraction of sp³-hybridized carbons (Fsp3) is 0.923. The van der Waals surface area contributed by atoms with Gasteiger partial charge in [-0.2, -0.15) is 0 Å². The molecule has 0 saturated heterocycles. The molecule has 1 amide bonds. The van der Waals surface area contributed by atoms with Crippen molar-refractivity contribution in [3.8, 4) is 0 Å². The van der Waals surface area contributed by atoms with Crippen molar-refractivity contribution in [1.29, 1.82) is 0 Å². The van der Waals surface area contributed by atoms with Gasteiger partial charge in [-0.15, -0.1) is 0 Å². The SMILES string of the molecule is CCCCC(CC)C(=O)NC(CCN)COC. The van der Waals surface area contributed by atoms with Gasteiger partial charge in [-0.3, -0.25) is 4.79 Å². The van der Waals surface area contributed by atoms with Crippen LogP contribution in [-0.4, -0.2) is 32.2 Å². The fourth-order valence-corrected chi connectivity index (χ4v) is 1.89. The number of hydrogen-bond acceptors (Lipinski definition) is 3. The van der Waals surface area contributed by atoms with Crippen LogP contribution in [0, 0.1) is 5.92 Å². The zero-order chi connectivity index (χ0) is 13.1. The number of ether oxygens (including phenoxy) is 1. The van der Waals surface area contributed by atoms with Crippen LogP contribution in [0.3, 0.4) is 0 Å². The molecule has 0 aliphatic rings. The maximum Gasteiger partial charge on any atom is 0.223 e. The van der Waals surface area contributed by atoms with Crippen molar-refractivity contribution in [3.63, 3.8) is 0 Å². The Balaban J connectivity index is 4.14. The molecule has 0 saturated carbocycles. The summed E-state index contributed by atoms with van der Waals surface area (Å²) in [6.07, 6.45) is 4.88. The van der Waals surface area contributed by atoms with Gasteiger partial charge in [0.25, 0.3) is 0 Å². The summed E-state index contributed by atoms with van der Waals surface area (Å²) >= 11 is 0. The minimum Gasteiger partial charge on any atom is -0.383 e. The minimum atomic E-state index is 0.0492. The van der Waals surface area contributed by atoms with Gasteiger partial charge in [0.2, 0.25) is 5.91 Å². The largest absolute Gasteiger partial charge is 0.383 e. The van der Waals surface area contributed by atoms with Crippen LogP contribution in [0.4, 0.5) is 0 Å². The maximum absolute atomic E-state index is 12.0. The second-order valence-corrected chi connectivity index (χ2v) is 4.49. The van der Waals surface area contributed by atoms with E-state index in [1.807, 2.05) is 0 Å². The summed E-state index contributed by atoms with van der Waals surface area (Å²) in [5.41, 5.74) is 5.52. The standard InChI is InChI=1S/C13H28N2O2/c1-4-6-7-11(5-2)13(16)15-12(8-9-14)10-17-3/h11-12H,4-10,14H2,1-3H3,(H,15,16). The molecule has 102 valence electrons.